The Morgan fingerprint density at radius 1 is 0.810 bits per heavy atom. The number of likely N-dealkylation sites (N-methyl/N-ethyl adjacent to an activating group) is 1. The molecule has 112 valence electrons. The van der Waals surface area contributed by atoms with Crippen molar-refractivity contribution in [2.45, 2.75) is 39.2 Å². The maximum Gasteiger partial charge on any atom is 0.0230 e. The molecule has 0 amide bonds. The van der Waals surface area contributed by atoms with Crippen LogP contribution in [0.4, 0.5) is 0 Å². The van der Waals surface area contributed by atoms with E-state index in [0.29, 0.717) is 0 Å². The number of nitrogens with zero attached hydrogens (tertiary/aromatic N) is 1. The molecule has 0 N–H and O–H groups in total. The number of hydrogen-bond acceptors (Lipinski definition) is 1. The fourth-order valence-corrected chi connectivity index (χ4v) is 2.47. The van der Waals surface area contributed by atoms with E-state index in [1.54, 1.807) is 0 Å². The van der Waals surface area contributed by atoms with Crippen LogP contribution in [0.2, 0.25) is 0 Å². The molecule has 1 nitrogen and oxygen atoms in total. The van der Waals surface area contributed by atoms with E-state index in [1.165, 1.54) is 16.7 Å². The van der Waals surface area contributed by atoms with Crippen LogP contribution in [-0.4, -0.2) is 18.5 Å². The highest BCUT2D eigenvalue weighted by Crippen LogP contribution is 2.22. The van der Waals surface area contributed by atoms with Gasteiger partial charge in [-0.2, -0.15) is 0 Å². The van der Waals surface area contributed by atoms with Gasteiger partial charge in [-0.1, -0.05) is 75.4 Å². The monoisotopic (exact) mass is 281 g/mol. The molecule has 0 spiro atoms. The highest BCUT2D eigenvalue weighted by molar-refractivity contribution is 5.27. The molecule has 0 aliphatic carbocycles. The molecule has 21 heavy (non-hydrogen) atoms. The summed E-state index contributed by atoms with van der Waals surface area (Å²) in [6.07, 6.45) is 1.10. The molecule has 0 aromatic heterocycles. The van der Waals surface area contributed by atoms with E-state index in [9.17, 15) is 0 Å². The summed E-state index contributed by atoms with van der Waals surface area (Å²) in [4.78, 5) is 2.38. The summed E-state index contributed by atoms with van der Waals surface area (Å²) in [6.45, 7) is 8.88. The van der Waals surface area contributed by atoms with Gasteiger partial charge in [0.1, 0.15) is 0 Å². The SMILES string of the molecule is CN(CCc1ccc(C(C)(C)C)cc1)Cc1ccccc1. The Balaban J connectivity index is 1.85. The summed E-state index contributed by atoms with van der Waals surface area (Å²) >= 11 is 0. The molecule has 2 aromatic rings. The molecule has 0 atom stereocenters. The van der Waals surface area contributed by atoms with Crippen molar-refractivity contribution in [2.24, 2.45) is 0 Å². The minimum Gasteiger partial charge on any atom is -0.302 e. The maximum absolute atomic E-state index is 2.38. The first-order valence-electron chi connectivity index (χ1n) is 7.77. The minimum atomic E-state index is 0.239. The Hall–Kier alpha value is -1.60. The topological polar surface area (TPSA) is 3.24 Å². The summed E-state index contributed by atoms with van der Waals surface area (Å²) in [5.74, 6) is 0. The molecule has 1 heteroatoms. The summed E-state index contributed by atoms with van der Waals surface area (Å²) in [5.41, 5.74) is 4.44. The van der Waals surface area contributed by atoms with Crippen molar-refractivity contribution in [3.8, 4) is 0 Å². The average molecular weight is 281 g/mol. The average Bonchev–Trinajstić information content (AvgIpc) is 2.46. The number of benzene rings is 2. The predicted octanol–water partition coefficient (Wildman–Crippen LogP) is 4.66. The highest BCUT2D eigenvalue weighted by Gasteiger charge is 2.12. The molecule has 0 aliphatic heterocycles. The standard InChI is InChI=1S/C20H27N/c1-20(2,3)19-12-10-17(11-13-19)14-15-21(4)16-18-8-6-5-7-9-18/h5-13H,14-16H2,1-4H3. The van der Waals surface area contributed by atoms with E-state index in [0.717, 1.165) is 19.5 Å². The van der Waals surface area contributed by atoms with Crippen LogP contribution < -0.4 is 0 Å². The molecule has 0 saturated heterocycles. The largest absolute Gasteiger partial charge is 0.302 e. The molecule has 0 heterocycles. The molecule has 2 rings (SSSR count). The van der Waals surface area contributed by atoms with Crippen molar-refractivity contribution in [3.63, 3.8) is 0 Å². The van der Waals surface area contributed by atoms with Gasteiger partial charge in [0.15, 0.2) is 0 Å². The lowest BCUT2D eigenvalue weighted by Crippen LogP contribution is -2.20. The third-order valence-corrected chi connectivity index (χ3v) is 3.90. The van der Waals surface area contributed by atoms with E-state index in [1.807, 2.05) is 0 Å². The first-order valence-corrected chi connectivity index (χ1v) is 7.77. The lowest BCUT2D eigenvalue weighted by Gasteiger charge is -2.20. The van der Waals surface area contributed by atoms with Crippen molar-refractivity contribution in [3.05, 3.63) is 71.3 Å². The van der Waals surface area contributed by atoms with Crippen molar-refractivity contribution in [2.75, 3.05) is 13.6 Å². The second-order valence-electron chi connectivity index (χ2n) is 6.92. The third kappa shape index (κ3) is 5.02. The lowest BCUT2D eigenvalue weighted by atomic mass is 9.86. The molecular weight excluding hydrogens is 254 g/mol. The Morgan fingerprint density at radius 3 is 2.00 bits per heavy atom. The molecule has 0 saturated carbocycles. The Kier molecular flexibility index (Phi) is 5.19. The maximum atomic E-state index is 2.38. The van der Waals surface area contributed by atoms with Crippen LogP contribution in [-0.2, 0) is 18.4 Å². The van der Waals surface area contributed by atoms with E-state index in [4.69, 9.17) is 0 Å². The van der Waals surface area contributed by atoms with Gasteiger partial charge in [-0.15, -0.1) is 0 Å². The fraction of sp³-hybridized carbons (Fsp3) is 0.400. The van der Waals surface area contributed by atoms with Gasteiger partial charge in [-0.25, -0.2) is 0 Å². The van der Waals surface area contributed by atoms with Gasteiger partial charge in [-0.05, 0) is 35.6 Å². The minimum absolute atomic E-state index is 0.239. The zero-order valence-corrected chi connectivity index (χ0v) is 13.8. The van der Waals surface area contributed by atoms with E-state index < -0.39 is 0 Å². The van der Waals surface area contributed by atoms with Crippen LogP contribution in [0.3, 0.4) is 0 Å². The van der Waals surface area contributed by atoms with Gasteiger partial charge in [0.25, 0.3) is 0 Å². The highest BCUT2D eigenvalue weighted by atomic mass is 15.1. The Morgan fingerprint density at radius 2 is 1.43 bits per heavy atom. The smallest absolute Gasteiger partial charge is 0.0230 e. The third-order valence-electron chi connectivity index (χ3n) is 3.90. The number of rotatable bonds is 5. The molecular formula is C20H27N. The zero-order chi connectivity index (χ0) is 15.3. The lowest BCUT2D eigenvalue weighted by molar-refractivity contribution is 0.331. The van der Waals surface area contributed by atoms with E-state index in [2.05, 4.69) is 87.3 Å². The van der Waals surface area contributed by atoms with Crippen LogP contribution in [0.15, 0.2) is 54.6 Å². The van der Waals surface area contributed by atoms with Crippen molar-refractivity contribution in [1.82, 2.24) is 4.90 Å². The Labute approximate surface area is 129 Å². The normalized spacial score (nSPS) is 11.9. The summed E-state index contributed by atoms with van der Waals surface area (Å²) in [6, 6.07) is 19.7. The summed E-state index contributed by atoms with van der Waals surface area (Å²) < 4.78 is 0. The quantitative estimate of drug-likeness (QED) is 0.770. The van der Waals surface area contributed by atoms with Crippen LogP contribution in [0.25, 0.3) is 0 Å². The second-order valence-corrected chi connectivity index (χ2v) is 6.92. The molecule has 0 radical (unpaired) electrons. The molecule has 0 fully saturated rings. The van der Waals surface area contributed by atoms with Crippen molar-refractivity contribution >= 4 is 0 Å². The van der Waals surface area contributed by atoms with Gasteiger partial charge >= 0.3 is 0 Å². The first kappa shape index (κ1) is 15.8. The fourth-order valence-electron chi connectivity index (χ4n) is 2.47. The molecule has 0 aliphatic rings. The van der Waals surface area contributed by atoms with Gasteiger partial charge in [0.2, 0.25) is 0 Å². The molecule has 0 unspecified atom stereocenters. The molecule has 2 aromatic carbocycles. The summed E-state index contributed by atoms with van der Waals surface area (Å²) in [7, 11) is 2.19. The number of hydrogen-bond donors (Lipinski definition) is 0. The first-order chi connectivity index (χ1) is 9.95. The molecule has 0 bridgehead atoms. The zero-order valence-electron chi connectivity index (χ0n) is 13.8. The van der Waals surface area contributed by atoms with Crippen LogP contribution in [0.1, 0.15) is 37.5 Å². The van der Waals surface area contributed by atoms with E-state index >= 15 is 0 Å². The van der Waals surface area contributed by atoms with Crippen molar-refractivity contribution < 1.29 is 0 Å². The Bertz CT molecular complexity index is 534. The van der Waals surface area contributed by atoms with E-state index in [-0.39, 0.29) is 5.41 Å². The van der Waals surface area contributed by atoms with Crippen LogP contribution in [0, 0.1) is 0 Å². The second kappa shape index (κ2) is 6.91. The van der Waals surface area contributed by atoms with Crippen molar-refractivity contribution in [1.29, 1.82) is 0 Å². The van der Waals surface area contributed by atoms with Crippen LogP contribution >= 0.6 is 0 Å². The van der Waals surface area contributed by atoms with Gasteiger partial charge in [0.05, 0.1) is 0 Å². The summed E-state index contributed by atoms with van der Waals surface area (Å²) in [5, 5.41) is 0. The van der Waals surface area contributed by atoms with Gasteiger partial charge in [0, 0.05) is 13.1 Å². The predicted molar refractivity (Wildman–Crippen MR) is 91.6 cm³/mol. The van der Waals surface area contributed by atoms with Gasteiger partial charge in [-0.3, -0.25) is 0 Å². The van der Waals surface area contributed by atoms with Gasteiger partial charge < -0.3 is 4.90 Å². The van der Waals surface area contributed by atoms with Crippen LogP contribution in [0.5, 0.6) is 0 Å².